The zero-order chi connectivity index (χ0) is 24.7. The topological polar surface area (TPSA) is 137 Å². The van der Waals surface area contributed by atoms with E-state index in [1.54, 1.807) is 24.3 Å². The Morgan fingerprint density at radius 1 is 0.941 bits per heavy atom. The lowest BCUT2D eigenvalue weighted by Crippen LogP contribution is -2.33. The van der Waals surface area contributed by atoms with Gasteiger partial charge in [-0.3, -0.25) is 9.78 Å². The van der Waals surface area contributed by atoms with Crippen molar-refractivity contribution in [3.8, 4) is 12.0 Å². The van der Waals surface area contributed by atoms with Crippen molar-refractivity contribution in [2.75, 3.05) is 32.0 Å². The molecule has 0 fully saturated rings. The second-order valence-electron chi connectivity index (χ2n) is 6.69. The number of rotatable bonds is 9. The Bertz CT molecular complexity index is 1140. The van der Waals surface area contributed by atoms with Gasteiger partial charge in [0.1, 0.15) is 6.04 Å². The normalized spacial score (nSPS) is 11.3. The molecule has 0 aliphatic heterocycles. The minimum Gasteiger partial charge on any atom is -0.467 e. The first-order valence-corrected chi connectivity index (χ1v) is 10.5. The number of ether oxygens (including phenoxy) is 3. The van der Waals surface area contributed by atoms with Gasteiger partial charge in [0.05, 0.1) is 36.9 Å². The summed E-state index contributed by atoms with van der Waals surface area (Å²) in [5, 5.41) is 5.91. The first kappa shape index (κ1) is 24.9. The molecule has 11 nitrogen and oxygen atoms in total. The van der Waals surface area contributed by atoms with Crippen LogP contribution in [0.3, 0.4) is 0 Å². The molecule has 1 atom stereocenters. The van der Waals surface area contributed by atoms with Gasteiger partial charge in [0.15, 0.2) is 0 Å². The van der Waals surface area contributed by atoms with Crippen LogP contribution < -0.4 is 20.1 Å². The Labute approximate surface area is 204 Å². The summed E-state index contributed by atoms with van der Waals surface area (Å²) in [6.07, 6.45) is 2.91. The number of aromatic nitrogens is 4. The number of amides is 1. The van der Waals surface area contributed by atoms with Crippen molar-refractivity contribution in [3.05, 3.63) is 57.8 Å². The minimum absolute atomic E-state index is 0.0208. The molecule has 1 amide bonds. The number of carbonyl (C=O) groups excluding carboxylic acids is 2. The summed E-state index contributed by atoms with van der Waals surface area (Å²) < 4.78 is 14.9. The average molecular weight is 507 g/mol. The lowest BCUT2D eigenvalue weighted by Gasteiger charge is -2.17. The fourth-order valence-corrected chi connectivity index (χ4v) is 3.39. The number of hydrogen-bond donors (Lipinski definition) is 2. The molecule has 1 aromatic carbocycles. The van der Waals surface area contributed by atoms with Gasteiger partial charge in [-0.25, -0.2) is 4.79 Å². The zero-order valence-corrected chi connectivity index (χ0v) is 19.8. The lowest BCUT2D eigenvalue weighted by molar-refractivity contribution is -0.141. The second kappa shape index (κ2) is 11.4. The van der Waals surface area contributed by atoms with Crippen molar-refractivity contribution >= 4 is 46.7 Å². The van der Waals surface area contributed by atoms with Crippen LogP contribution >= 0.6 is 23.2 Å². The molecule has 0 unspecified atom stereocenters. The fraction of sp³-hybridized carbons (Fsp3) is 0.238. The number of nitrogens with one attached hydrogen (secondary N) is 2. The lowest BCUT2D eigenvalue weighted by atomic mass is 10.1. The average Bonchev–Trinajstić information content (AvgIpc) is 2.83. The monoisotopic (exact) mass is 506 g/mol. The zero-order valence-electron chi connectivity index (χ0n) is 18.3. The summed E-state index contributed by atoms with van der Waals surface area (Å²) in [4.78, 5) is 40.8. The van der Waals surface area contributed by atoms with Crippen molar-refractivity contribution < 1.29 is 23.8 Å². The van der Waals surface area contributed by atoms with Crippen molar-refractivity contribution in [2.45, 2.75) is 12.5 Å². The molecule has 2 N–H and O–H groups in total. The molecule has 0 saturated carbocycles. The highest BCUT2D eigenvalue weighted by Gasteiger charge is 2.22. The molecule has 2 heterocycles. The summed E-state index contributed by atoms with van der Waals surface area (Å²) in [6, 6.07) is 6.07. The van der Waals surface area contributed by atoms with Gasteiger partial charge in [-0.1, -0.05) is 35.3 Å². The Kier molecular flexibility index (Phi) is 8.39. The summed E-state index contributed by atoms with van der Waals surface area (Å²) in [5.74, 6) is -0.927. The van der Waals surface area contributed by atoms with Gasteiger partial charge in [-0.2, -0.15) is 9.97 Å². The van der Waals surface area contributed by atoms with E-state index in [9.17, 15) is 9.59 Å². The second-order valence-corrected chi connectivity index (χ2v) is 7.50. The molecule has 0 radical (unpaired) electrons. The van der Waals surface area contributed by atoms with E-state index < -0.39 is 17.9 Å². The van der Waals surface area contributed by atoms with Gasteiger partial charge in [-0.05, 0) is 17.7 Å². The van der Waals surface area contributed by atoms with Crippen molar-refractivity contribution in [1.82, 2.24) is 19.9 Å². The Balaban J connectivity index is 1.73. The first-order valence-electron chi connectivity index (χ1n) is 9.72. The SMILES string of the molecule is COC(=O)[C@H](Cc1ccc(NC(=O)c2c(Cl)cncc2Cl)cc1)Nc1nc(OC)nc(OC)n1. The number of hydrogen-bond acceptors (Lipinski definition) is 10. The number of nitrogens with zero attached hydrogens (tertiary/aromatic N) is 4. The summed E-state index contributed by atoms with van der Waals surface area (Å²) >= 11 is 12.1. The van der Waals surface area contributed by atoms with E-state index in [0.29, 0.717) is 5.69 Å². The van der Waals surface area contributed by atoms with Crippen LogP contribution in [0.2, 0.25) is 10.0 Å². The van der Waals surface area contributed by atoms with Crippen LogP contribution in [0, 0.1) is 0 Å². The van der Waals surface area contributed by atoms with Gasteiger partial charge in [0, 0.05) is 24.5 Å². The van der Waals surface area contributed by atoms with E-state index in [0.717, 1.165) is 5.56 Å². The molecule has 2 aromatic heterocycles. The minimum atomic E-state index is -0.823. The number of benzene rings is 1. The van der Waals surface area contributed by atoms with E-state index >= 15 is 0 Å². The van der Waals surface area contributed by atoms with Crippen LogP contribution in [-0.4, -0.2) is 59.2 Å². The third-order valence-corrected chi connectivity index (χ3v) is 5.05. The van der Waals surface area contributed by atoms with Gasteiger partial charge < -0.3 is 24.8 Å². The molecule has 0 spiro atoms. The van der Waals surface area contributed by atoms with Crippen LogP contribution in [0.5, 0.6) is 12.0 Å². The van der Waals surface area contributed by atoms with E-state index in [1.165, 1.54) is 33.7 Å². The highest BCUT2D eigenvalue weighted by atomic mass is 35.5. The quantitative estimate of drug-likeness (QED) is 0.416. The number of carbonyl (C=O) groups is 2. The summed E-state index contributed by atoms with van der Waals surface area (Å²) in [7, 11) is 4.07. The molecular formula is C21H20Cl2N6O5. The third-order valence-electron chi connectivity index (χ3n) is 4.48. The van der Waals surface area contributed by atoms with E-state index in [4.69, 9.17) is 37.4 Å². The summed E-state index contributed by atoms with van der Waals surface area (Å²) in [6.45, 7) is 0. The highest BCUT2D eigenvalue weighted by molar-refractivity contribution is 6.40. The Hall–Kier alpha value is -3.70. The molecule has 178 valence electrons. The smallest absolute Gasteiger partial charge is 0.328 e. The largest absolute Gasteiger partial charge is 0.467 e. The molecule has 3 rings (SSSR count). The molecule has 0 aliphatic carbocycles. The predicted octanol–water partition coefficient (Wildman–Crippen LogP) is 3.04. The fourth-order valence-electron chi connectivity index (χ4n) is 2.86. The van der Waals surface area contributed by atoms with Crippen LogP contribution in [0.4, 0.5) is 11.6 Å². The third kappa shape index (κ3) is 6.21. The number of esters is 1. The van der Waals surface area contributed by atoms with Crippen LogP contribution in [0.1, 0.15) is 15.9 Å². The van der Waals surface area contributed by atoms with Gasteiger partial charge in [0.2, 0.25) is 5.95 Å². The van der Waals surface area contributed by atoms with Gasteiger partial charge in [-0.15, -0.1) is 4.98 Å². The van der Waals surface area contributed by atoms with Crippen molar-refractivity contribution in [3.63, 3.8) is 0 Å². The molecule has 0 saturated heterocycles. The van der Waals surface area contributed by atoms with Gasteiger partial charge >= 0.3 is 18.0 Å². The molecule has 34 heavy (non-hydrogen) atoms. The maximum absolute atomic E-state index is 12.5. The maximum Gasteiger partial charge on any atom is 0.328 e. The van der Waals surface area contributed by atoms with Crippen molar-refractivity contribution in [1.29, 1.82) is 0 Å². The van der Waals surface area contributed by atoms with Gasteiger partial charge in [0.25, 0.3) is 5.91 Å². The number of halogens is 2. The number of pyridine rings is 1. The first-order chi connectivity index (χ1) is 16.3. The molecule has 0 bridgehead atoms. The highest BCUT2D eigenvalue weighted by Crippen LogP contribution is 2.24. The van der Waals surface area contributed by atoms with E-state index in [-0.39, 0.29) is 40.0 Å². The number of anilines is 2. The summed E-state index contributed by atoms with van der Waals surface area (Å²) in [5.41, 5.74) is 1.40. The standard InChI is InChI=1S/C21H20Cl2N6O5/c1-32-18(31)15(26-19-27-20(33-2)29-21(28-19)34-3)8-11-4-6-12(7-5-11)25-17(30)16-13(22)9-24-10-14(16)23/h4-7,9-10,15H,8H2,1-3H3,(H,25,30)(H,26,27,28,29)/t15-/m0/s1. The molecule has 13 heteroatoms. The molecule has 3 aromatic rings. The van der Waals surface area contributed by atoms with Crippen LogP contribution in [-0.2, 0) is 16.0 Å². The number of methoxy groups -OCH3 is 3. The predicted molar refractivity (Wildman–Crippen MR) is 125 cm³/mol. The van der Waals surface area contributed by atoms with Crippen LogP contribution in [0.15, 0.2) is 36.7 Å². The van der Waals surface area contributed by atoms with E-state index in [1.807, 2.05) is 0 Å². The van der Waals surface area contributed by atoms with E-state index in [2.05, 4.69) is 30.6 Å². The molecular weight excluding hydrogens is 487 g/mol. The van der Waals surface area contributed by atoms with Crippen molar-refractivity contribution in [2.24, 2.45) is 0 Å². The Morgan fingerprint density at radius 2 is 1.53 bits per heavy atom. The molecule has 0 aliphatic rings. The maximum atomic E-state index is 12.5. The van der Waals surface area contributed by atoms with Crippen LogP contribution in [0.25, 0.3) is 0 Å². The Morgan fingerprint density at radius 3 is 2.06 bits per heavy atom.